The summed E-state index contributed by atoms with van der Waals surface area (Å²) in [7, 11) is -1.48. The molecule has 6 saturated carbocycles. The minimum atomic E-state index is -1.48. The van der Waals surface area contributed by atoms with Crippen LogP contribution in [0.2, 0.25) is 23.2 Å². The van der Waals surface area contributed by atoms with E-state index in [1.54, 1.807) is 69.9 Å². The summed E-state index contributed by atoms with van der Waals surface area (Å²) in [4.78, 5) is 0. The third-order valence-electron chi connectivity index (χ3n) is 17.1. The van der Waals surface area contributed by atoms with Gasteiger partial charge >= 0.3 is 0 Å². The quantitative estimate of drug-likeness (QED) is 0.279. The molecule has 0 spiro atoms. The topological polar surface area (TPSA) is 0 Å². The fourth-order valence-electron chi connectivity index (χ4n) is 15.3. The smallest absolute Gasteiger partial charge is 0.0611 e. The van der Waals surface area contributed by atoms with E-state index in [9.17, 15) is 0 Å². The van der Waals surface area contributed by atoms with E-state index in [1.807, 2.05) is 0 Å². The van der Waals surface area contributed by atoms with E-state index in [0.29, 0.717) is 5.41 Å². The third kappa shape index (κ3) is 4.76. The molecule has 0 bridgehead atoms. The van der Waals surface area contributed by atoms with Crippen molar-refractivity contribution in [3.8, 4) is 0 Å². The molecule has 0 N–H and O–H groups in total. The number of hydrogen-bond acceptors (Lipinski definition) is 1. The average molecular weight is 611 g/mol. The lowest BCUT2D eigenvalue weighted by Gasteiger charge is -2.54. The lowest BCUT2D eigenvalue weighted by atomic mass is 9.56. The maximum Gasteiger partial charge on any atom is 0.0611 e. The van der Waals surface area contributed by atoms with Gasteiger partial charge in [0.2, 0.25) is 0 Å². The fraction of sp³-hybridized carbons (Fsp3) is 1.00. The summed E-state index contributed by atoms with van der Waals surface area (Å²) in [5.41, 5.74) is 2.75. The van der Waals surface area contributed by atoms with Crippen molar-refractivity contribution >= 4 is 19.8 Å². The van der Waals surface area contributed by atoms with Gasteiger partial charge in [-0.2, -0.15) is 11.8 Å². The molecular formula is C40H70SSi. The number of hydrogen-bond donors (Lipinski definition) is 0. The van der Waals surface area contributed by atoms with E-state index < -0.39 is 8.07 Å². The highest BCUT2D eigenvalue weighted by molar-refractivity contribution is 8.01. The van der Waals surface area contributed by atoms with Crippen LogP contribution in [0.4, 0.5) is 0 Å². The average Bonchev–Trinajstić information content (AvgIpc) is 3.72. The van der Waals surface area contributed by atoms with Gasteiger partial charge in [-0.15, -0.1) is 0 Å². The minimum Gasteiger partial charge on any atom is -0.155 e. The van der Waals surface area contributed by atoms with E-state index in [0.717, 1.165) is 92.6 Å². The van der Waals surface area contributed by atoms with Gasteiger partial charge in [-0.05, 0) is 145 Å². The number of fused-ring (bicyclic) bond motifs is 5. The maximum absolute atomic E-state index is 2.82. The molecule has 1 heterocycles. The zero-order valence-corrected chi connectivity index (χ0v) is 31.1. The first-order valence-electron chi connectivity index (χ1n) is 19.8. The number of thioether (sulfide) groups is 1. The van der Waals surface area contributed by atoms with Crippen molar-refractivity contribution in [2.24, 2.45) is 76.4 Å². The molecule has 6 aliphatic carbocycles. The highest BCUT2D eigenvalue weighted by Gasteiger charge is 2.67. The van der Waals surface area contributed by atoms with Gasteiger partial charge in [0.1, 0.15) is 0 Å². The van der Waals surface area contributed by atoms with Crippen LogP contribution in [-0.2, 0) is 0 Å². The summed E-state index contributed by atoms with van der Waals surface area (Å²) >= 11 is 2.60. The van der Waals surface area contributed by atoms with Crippen LogP contribution in [0.15, 0.2) is 0 Å². The Balaban J connectivity index is 1.20. The molecule has 1 aliphatic heterocycles. The van der Waals surface area contributed by atoms with Crippen LogP contribution in [0.1, 0.15) is 139 Å². The minimum absolute atomic E-state index is 0.513. The lowest BCUT2D eigenvalue weighted by molar-refractivity contribution is 0.00160. The van der Waals surface area contributed by atoms with Crippen molar-refractivity contribution in [1.82, 2.24) is 0 Å². The van der Waals surface area contributed by atoms with Crippen LogP contribution in [0.5, 0.6) is 0 Å². The molecule has 0 radical (unpaired) electrons. The molecule has 7 rings (SSSR count). The van der Waals surface area contributed by atoms with Crippen molar-refractivity contribution < 1.29 is 0 Å². The molecule has 42 heavy (non-hydrogen) atoms. The van der Waals surface area contributed by atoms with Crippen LogP contribution in [0.3, 0.4) is 0 Å². The van der Waals surface area contributed by atoms with E-state index in [-0.39, 0.29) is 0 Å². The molecule has 1 saturated heterocycles. The first-order valence-corrected chi connectivity index (χ1v) is 23.3. The molecule has 0 aromatic heterocycles. The Kier molecular flexibility index (Phi) is 8.66. The van der Waals surface area contributed by atoms with E-state index >= 15 is 0 Å². The SMILES string of the molecule is CC[Si](CC)(C1C(C)CC2C1CC1CCCC1C2C1CCC(C(C)(C)C)CC1)C1C(C)C(C)C2C3CCCCC3SC21. The molecule has 14 unspecified atom stereocenters. The van der Waals surface area contributed by atoms with Crippen LogP contribution in [0, 0.1) is 76.4 Å². The second-order valence-corrected chi connectivity index (χ2v) is 25.7. The van der Waals surface area contributed by atoms with Gasteiger partial charge in [0.25, 0.3) is 0 Å². The summed E-state index contributed by atoms with van der Waals surface area (Å²) in [6.07, 6.45) is 20.4. The Morgan fingerprint density at radius 1 is 0.619 bits per heavy atom. The van der Waals surface area contributed by atoms with Crippen molar-refractivity contribution in [2.75, 3.05) is 0 Å². The van der Waals surface area contributed by atoms with Crippen molar-refractivity contribution in [3.63, 3.8) is 0 Å². The molecule has 7 fully saturated rings. The van der Waals surface area contributed by atoms with E-state index in [1.165, 1.54) is 25.7 Å². The molecule has 0 nitrogen and oxygen atoms in total. The Hall–Kier alpha value is 0.567. The molecule has 7 aliphatic rings. The predicted octanol–water partition coefficient (Wildman–Crippen LogP) is 12.4. The third-order valence-corrected chi connectivity index (χ3v) is 26.3. The second-order valence-electron chi connectivity index (χ2n) is 19.1. The summed E-state index contributed by atoms with van der Waals surface area (Å²) in [5.74, 6) is 12.6. The van der Waals surface area contributed by atoms with Gasteiger partial charge in [0.15, 0.2) is 0 Å². The second kappa shape index (κ2) is 11.7. The summed E-state index contributed by atoms with van der Waals surface area (Å²) in [6.45, 7) is 21.4. The molecule has 0 amide bonds. The van der Waals surface area contributed by atoms with Crippen LogP contribution in [-0.4, -0.2) is 18.6 Å². The van der Waals surface area contributed by atoms with E-state index in [2.05, 4.69) is 67.2 Å². The van der Waals surface area contributed by atoms with Crippen molar-refractivity contribution in [3.05, 3.63) is 0 Å². The molecule has 14 atom stereocenters. The summed E-state index contributed by atoms with van der Waals surface area (Å²) in [5, 5.41) is 2.06. The predicted molar refractivity (Wildman–Crippen MR) is 188 cm³/mol. The standard InChI is InChI=1S/C40H70SSi/c1-9-42(10-2,39-26(5)25(4)35-31-15-11-12-17-34(31)41-37(35)39)38-24(3)22-32-33(38)23-28-14-13-16-30(28)36(32)27-18-20-29(21-19-27)40(6,7)8/h24-39H,9-23H2,1-8H3. The summed E-state index contributed by atoms with van der Waals surface area (Å²) in [6, 6.07) is 3.19. The van der Waals surface area contributed by atoms with Crippen molar-refractivity contribution in [2.45, 2.75) is 173 Å². The van der Waals surface area contributed by atoms with Gasteiger partial charge in [-0.1, -0.05) is 93.2 Å². The Bertz CT molecular complexity index is 940. The molecule has 0 aromatic rings. The monoisotopic (exact) mass is 610 g/mol. The highest BCUT2D eigenvalue weighted by Crippen LogP contribution is 2.72. The Labute approximate surface area is 267 Å². The molecule has 240 valence electrons. The van der Waals surface area contributed by atoms with Gasteiger partial charge in [0.05, 0.1) is 8.07 Å². The lowest BCUT2D eigenvalue weighted by Crippen LogP contribution is -2.52. The van der Waals surface area contributed by atoms with Gasteiger partial charge < -0.3 is 0 Å². The molecule has 2 heteroatoms. The van der Waals surface area contributed by atoms with Gasteiger partial charge in [0, 0.05) is 10.5 Å². The van der Waals surface area contributed by atoms with Gasteiger partial charge in [-0.3, -0.25) is 0 Å². The number of rotatable bonds is 5. The molecule has 0 aromatic carbocycles. The van der Waals surface area contributed by atoms with Crippen molar-refractivity contribution in [1.29, 1.82) is 0 Å². The summed E-state index contributed by atoms with van der Waals surface area (Å²) < 4.78 is 0. The van der Waals surface area contributed by atoms with Gasteiger partial charge in [-0.25, -0.2) is 0 Å². The first kappa shape index (κ1) is 31.2. The molecular weight excluding hydrogens is 541 g/mol. The zero-order chi connectivity index (χ0) is 29.6. The van der Waals surface area contributed by atoms with Crippen LogP contribution < -0.4 is 0 Å². The van der Waals surface area contributed by atoms with Crippen LogP contribution in [0.25, 0.3) is 0 Å². The highest BCUT2D eigenvalue weighted by atomic mass is 32.2. The normalized spacial score (nSPS) is 52.6. The fourth-order valence-corrected chi connectivity index (χ4v) is 26.2. The largest absolute Gasteiger partial charge is 0.155 e. The zero-order valence-electron chi connectivity index (χ0n) is 29.3. The van der Waals surface area contributed by atoms with E-state index in [4.69, 9.17) is 0 Å². The van der Waals surface area contributed by atoms with Crippen LogP contribution >= 0.6 is 11.8 Å². The maximum atomic E-state index is 2.82. The first-order chi connectivity index (χ1) is 20.1. The Morgan fingerprint density at radius 2 is 1.31 bits per heavy atom. The Morgan fingerprint density at radius 3 is 2.00 bits per heavy atom.